The maximum Gasteiger partial charge on any atom is 0.182 e. The summed E-state index contributed by atoms with van der Waals surface area (Å²) in [7, 11) is -3.25. The van der Waals surface area contributed by atoms with Crippen LogP contribution in [0.15, 0.2) is 29.2 Å². The number of nitrogens with two attached hydrogens (primary N) is 1. The molecule has 0 radical (unpaired) electrons. The van der Waals surface area contributed by atoms with Crippen LogP contribution < -0.4 is 5.73 Å². The van der Waals surface area contributed by atoms with Gasteiger partial charge in [0.2, 0.25) is 0 Å². The van der Waals surface area contributed by atoms with Gasteiger partial charge in [-0.15, -0.1) is 0 Å². The minimum atomic E-state index is -3.25. The van der Waals surface area contributed by atoms with Crippen LogP contribution in [0.25, 0.3) is 0 Å². The molecule has 17 heavy (non-hydrogen) atoms. The van der Waals surface area contributed by atoms with Gasteiger partial charge in [0.05, 0.1) is 10.1 Å². The van der Waals surface area contributed by atoms with Gasteiger partial charge in [0.1, 0.15) is 0 Å². The predicted molar refractivity (Wildman–Crippen MR) is 68.6 cm³/mol. The van der Waals surface area contributed by atoms with Gasteiger partial charge in [-0.3, -0.25) is 0 Å². The fourth-order valence-corrected chi connectivity index (χ4v) is 4.35. The van der Waals surface area contributed by atoms with Crippen LogP contribution in [-0.2, 0) is 9.84 Å². The van der Waals surface area contributed by atoms with Crippen molar-refractivity contribution in [1.29, 1.82) is 0 Å². The third-order valence-electron chi connectivity index (χ3n) is 3.50. The van der Waals surface area contributed by atoms with Crippen molar-refractivity contribution in [2.24, 2.45) is 5.73 Å². The van der Waals surface area contributed by atoms with Gasteiger partial charge in [-0.05, 0) is 31.9 Å². The molecule has 0 unspecified atom stereocenters. The van der Waals surface area contributed by atoms with E-state index in [4.69, 9.17) is 5.73 Å². The van der Waals surface area contributed by atoms with Crippen molar-refractivity contribution >= 4 is 9.84 Å². The zero-order chi connectivity index (χ0) is 12.5. The Morgan fingerprint density at radius 2 is 1.71 bits per heavy atom. The smallest absolute Gasteiger partial charge is 0.182 e. The maximum absolute atomic E-state index is 12.4. The first-order valence-corrected chi connectivity index (χ1v) is 7.62. The van der Waals surface area contributed by atoms with E-state index in [-0.39, 0.29) is 6.04 Å². The van der Waals surface area contributed by atoms with Crippen molar-refractivity contribution in [3.8, 4) is 0 Å². The first-order chi connectivity index (χ1) is 8.01. The Bertz CT molecular complexity index is 479. The zero-order valence-electron chi connectivity index (χ0n) is 10.1. The minimum absolute atomic E-state index is 0.213. The molecule has 0 aromatic heterocycles. The molecule has 0 aliphatic heterocycles. The average molecular weight is 253 g/mol. The number of hydrogen-bond acceptors (Lipinski definition) is 3. The van der Waals surface area contributed by atoms with Gasteiger partial charge in [0.25, 0.3) is 0 Å². The Morgan fingerprint density at radius 3 is 2.29 bits per heavy atom. The molecule has 2 N–H and O–H groups in total. The van der Waals surface area contributed by atoms with Gasteiger partial charge >= 0.3 is 0 Å². The molecule has 0 heterocycles. The highest BCUT2D eigenvalue weighted by Crippen LogP contribution is 2.28. The number of hydrogen-bond donors (Lipinski definition) is 1. The zero-order valence-corrected chi connectivity index (χ0v) is 10.9. The second-order valence-corrected chi connectivity index (χ2v) is 7.01. The highest BCUT2D eigenvalue weighted by molar-refractivity contribution is 7.92. The van der Waals surface area contributed by atoms with Crippen molar-refractivity contribution in [2.75, 3.05) is 0 Å². The summed E-state index contributed by atoms with van der Waals surface area (Å²) in [5.74, 6) is 0. The summed E-state index contributed by atoms with van der Waals surface area (Å²) in [4.78, 5) is 0.408. The Balaban J connectivity index is 2.32. The fraction of sp³-hybridized carbons (Fsp3) is 0.538. The molecule has 3 nitrogen and oxygen atoms in total. The van der Waals surface area contributed by atoms with Crippen molar-refractivity contribution in [2.45, 2.75) is 48.8 Å². The normalized spacial score (nSPS) is 25.8. The van der Waals surface area contributed by atoms with E-state index in [1.54, 1.807) is 12.1 Å². The van der Waals surface area contributed by atoms with Crippen LogP contribution in [0.1, 0.15) is 31.2 Å². The Morgan fingerprint density at radius 1 is 1.12 bits per heavy atom. The molecular weight excluding hydrogens is 234 g/mol. The number of rotatable bonds is 2. The molecule has 4 heteroatoms. The summed E-state index contributed by atoms with van der Waals surface area (Å²) in [5.41, 5.74) is 7.02. The van der Waals surface area contributed by atoms with E-state index < -0.39 is 15.1 Å². The van der Waals surface area contributed by atoms with E-state index in [1.807, 2.05) is 19.1 Å². The number of aryl methyl sites for hydroxylation is 1. The lowest BCUT2D eigenvalue weighted by atomic mass is 9.96. The summed E-state index contributed by atoms with van der Waals surface area (Å²) in [5, 5.41) is -0.404. The quantitative estimate of drug-likeness (QED) is 0.877. The molecule has 1 saturated carbocycles. The van der Waals surface area contributed by atoms with E-state index in [2.05, 4.69) is 0 Å². The molecular formula is C13H19NO2S. The van der Waals surface area contributed by atoms with Crippen molar-refractivity contribution in [3.05, 3.63) is 29.8 Å². The molecule has 2 rings (SSSR count). The minimum Gasteiger partial charge on any atom is -0.327 e. The molecule has 0 spiro atoms. The third-order valence-corrected chi connectivity index (χ3v) is 5.81. The van der Waals surface area contributed by atoms with Crippen LogP contribution in [-0.4, -0.2) is 19.7 Å². The summed E-state index contributed by atoms with van der Waals surface area (Å²) >= 11 is 0. The van der Waals surface area contributed by atoms with Crippen LogP contribution in [0.2, 0.25) is 0 Å². The molecule has 1 aliphatic carbocycles. The lowest BCUT2D eigenvalue weighted by Gasteiger charge is -2.28. The first kappa shape index (κ1) is 12.6. The van der Waals surface area contributed by atoms with Crippen LogP contribution in [0.4, 0.5) is 0 Å². The Kier molecular flexibility index (Phi) is 3.54. The second kappa shape index (κ2) is 4.78. The Labute approximate surface area is 103 Å². The standard InChI is InChI=1S/C13H19NO2S/c1-10-6-8-11(9-7-10)17(15,16)13-5-3-2-4-12(13)14/h6-9,12-13H,2-5,14H2,1H3/t12-,13+/m1/s1. The van der Waals surface area contributed by atoms with Gasteiger partial charge in [0, 0.05) is 6.04 Å². The third kappa shape index (κ3) is 2.53. The van der Waals surface area contributed by atoms with Gasteiger partial charge in [-0.1, -0.05) is 30.5 Å². The molecule has 0 bridgehead atoms. The number of benzene rings is 1. The van der Waals surface area contributed by atoms with Gasteiger partial charge in [-0.25, -0.2) is 8.42 Å². The van der Waals surface area contributed by atoms with E-state index in [9.17, 15) is 8.42 Å². The van der Waals surface area contributed by atoms with Crippen molar-refractivity contribution in [1.82, 2.24) is 0 Å². The molecule has 0 saturated heterocycles. The van der Waals surface area contributed by atoms with Crippen LogP contribution in [0.3, 0.4) is 0 Å². The maximum atomic E-state index is 12.4. The fourth-order valence-electron chi connectivity index (χ4n) is 2.41. The molecule has 1 aromatic rings. The highest BCUT2D eigenvalue weighted by Gasteiger charge is 2.34. The van der Waals surface area contributed by atoms with Crippen molar-refractivity contribution in [3.63, 3.8) is 0 Å². The van der Waals surface area contributed by atoms with Crippen LogP contribution in [0.5, 0.6) is 0 Å². The summed E-state index contributed by atoms with van der Waals surface area (Å²) in [6, 6.07) is 6.83. The van der Waals surface area contributed by atoms with E-state index in [1.165, 1.54) is 0 Å². The van der Waals surface area contributed by atoms with E-state index >= 15 is 0 Å². The van der Waals surface area contributed by atoms with Crippen molar-refractivity contribution < 1.29 is 8.42 Å². The van der Waals surface area contributed by atoms with Gasteiger partial charge in [0.15, 0.2) is 9.84 Å². The number of sulfone groups is 1. The highest BCUT2D eigenvalue weighted by atomic mass is 32.2. The molecule has 94 valence electrons. The lowest BCUT2D eigenvalue weighted by Crippen LogP contribution is -2.42. The van der Waals surface area contributed by atoms with Crippen LogP contribution in [0, 0.1) is 6.92 Å². The van der Waals surface area contributed by atoms with Gasteiger partial charge < -0.3 is 5.73 Å². The molecule has 0 amide bonds. The molecule has 1 aromatic carbocycles. The largest absolute Gasteiger partial charge is 0.327 e. The molecule has 1 aliphatic rings. The molecule has 1 fully saturated rings. The average Bonchev–Trinajstić information content (AvgIpc) is 2.30. The van der Waals surface area contributed by atoms with Gasteiger partial charge in [-0.2, -0.15) is 0 Å². The second-order valence-electron chi connectivity index (χ2n) is 4.84. The van der Waals surface area contributed by atoms with E-state index in [0.29, 0.717) is 11.3 Å². The predicted octanol–water partition coefficient (Wildman–Crippen LogP) is 2.04. The SMILES string of the molecule is Cc1ccc(S(=O)(=O)[C@H]2CCCC[C@H]2N)cc1. The summed E-state index contributed by atoms with van der Waals surface area (Å²) in [6.45, 7) is 1.95. The summed E-state index contributed by atoms with van der Waals surface area (Å²) < 4.78 is 24.9. The van der Waals surface area contributed by atoms with Crippen LogP contribution >= 0.6 is 0 Å². The summed E-state index contributed by atoms with van der Waals surface area (Å²) in [6.07, 6.45) is 3.51. The monoisotopic (exact) mass is 253 g/mol. The molecule has 2 atom stereocenters. The van der Waals surface area contributed by atoms with E-state index in [0.717, 1.165) is 24.8 Å². The Hall–Kier alpha value is -0.870. The first-order valence-electron chi connectivity index (χ1n) is 6.08. The topological polar surface area (TPSA) is 60.2 Å². The lowest BCUT2D eigenvalue weighted by molar-refractivity contribution is 0.432.